The Hall–Kier alpha value is -0.980. The molecular formula is C29H51N. The molecule has 0 spiro atoms. The van der Waals surface area contributed by atoms with Crippen LogP contribution in [0.1, 0.15) is 146 Å². The SMILES string of the molecule is CCCCCCCCCCCCC(CCCCCCC)C1CCc2cccc(N)c21. The van der Waals surface area contributed by atoms with E-state index >= 15 is 0 Å². The summed E-state index contributed by atoms with van der Waals surface area (Å²) in [5.74, 6) is 1.58. The lowest BCUT2D eigenvalue weighted by Gasteiger charge is -2.26. The summed E-state index contributed by atoms with van der Waals surface area (Å²) in [6.07, 6.45) is 26.8. The van der Waals surface area contributed by atoms with Crippen molar-refractivity contribution in [2.24, 2.45) is 5.92 Å². The molecule has 1 aromatic rings. The number of benzene rings is 1. The Morgan fingerprint density at radius 2 is 1.23 bits per heavy atom. The van der Waals surface area contributed by atoms with Gasteiger partial charge in [-0.15, -0.1) is 0 Å². The van der Waals surface area contributed by atoms with Gasteiger partial charge in [-0.3, -0.25) is 0 Å². The molecule has 1 aliphatic rings. The van der Waals surface area contributed by atoms with Crippen LogP contribution >= 0.6 is 0 Å². The Morgan fingerprint density at radius 3 is 1.77 bits per heavy atom. The zero-order chi connectivity index (χ0) is 21.4. The summed E-state index contributed by atoms with van der Waals surface area (Å²) < 4.78 is 0. The first kappa shape index (κ1) is 25.3. The van der Waals surface area contributed by atoms with Crippen LogP contribution in [0.2, 0.25) is 0 Å². The molecule has 0 amide bonds. The number of unbranched alkanes of at least 4 members (excludes halogenated alkanes) is 13. The van der Waals surface area contributed by atoms with Gasteiger partial charge in [-0.25, -0.2) is 0 Å². The molecule has 2 atom stereocenters. The van der Waals surface area contributed by atoms with E-state index in [2.05, 4.69) is 32.0 Å². The number of nitrogens with two attached hydrogens (primary N) is 1. The first-order chi connectivity index (χ1) is 14.8. The zero-order valence-electron chi connectivity index (χ0n) is 20.4. The normalized spacial score (nSPS) is 16.7. The van der Waals surface area contributed by atoms with Crippen molar-refractivity contribution >= 4 is 5.69 Å². The molecule has 2 N–H and O–H groups in total. The maximum atomic E-state index is 6.45. The van der Waals surface area contributed by atoms with Gasteiger partial charge in [0.2, 0.25) is 0 Å². The highest BCUT2D eigenvalue weighted by Crippen LogP contribution is 2.45. The molecule has 1 aliphatic carbocycles. The van der Waals surface area contributed by atoms with E-state index in [1.165, 1.54) is 128 Å². The molecule has 30 heavy (non-hydrogen) atoms. The lowest BCUT2D eigenvalue weighted by atomic mass is 9.80. The van der Waals surface area contributed by atoms with Crippen molar-refractivity contribution in [1.29, 1.82) is 0 Å². The third-order valence-electron chi connectivity index (χ3n) is 7.50. The lowest BCUT2D eigenvalue weighted by molar-refractivity contribution is 0.340. The molecule has 1 nitrogen and oxygen atoms in total. The largest absolute Gasteiger partial charge is 0.398 e. The molecule has 1 heteroatoms. The number of anilines is 1. The van der Waals surface area contributed by atoms with Crippen molar-refractivity contribution in [3.63, 3.8) is 0 Å². The minimum atomic E-state index is 0.728. The number of rotatable bonds is 18. The molecule has 0 radical (unpaired) electrons. The van der Waals surface area contributed by atoms with Crippen LogP contribution in [0.25, 0.3) is 0 Å². The molecule has 172 valence electrons. The number of aryl methyl sites for hydroxylation is 1. The van der Waals surface area contributed by atoms with Crippen molar-refractivity contribution in [2.45, 2.75) is 142 Å². The molecule has 0 aromatic heterocycles. The average molecular weight is 414 g/mol. The van der Waals surface area contributed by atoms with Crippen molar-refractivity contribution < 1.29 is 0 Å². The van der Waals surface area contributed by atoms with Gasteiger partial charge in [0.05, 0.1) is 0 Å². The molecule has 1 aromatic carbocycles. The Balaban J connectivity index is 1.73. The number of hydrogen-bond donors (Lipinski definition) is 1. The molecule has 0 bridgehead atoms. The highest BCUT2D eigenvalue weighted by molar-refractivity contribution is 5.55. The van der Waals surface area contributed by atoms with Crippen LogP contribution in [0.3, 0.4) is 0 Å². The van der Waals surface area contributed by atoms with Crippen LogP contribution in [-0.4, -0.2) is 0 Å². The second-order valence-corrected chi connectivity index (χ2v) is 10.00. The van der Waals surface area contributed by atoms with Crippen LogP contribution in [0.5, 0.6) is 0 Å². The van der Waals surface area contributed by atoms with Gasteiger partial charge >= 0.3 is 0 Å². The van der Waals surface area contributed by atoms with E-state index in [1.807, 2.05) is 0 Å². The van der Waals surface area contributed by atoms with Gasteiger partial charge in [0, 0.05) is 5.69 Å². The fraction of sp³-hybridized carbons (Fsp3) is 0.793. The molecule has 0 heterocycles. The summed E-state index contributed by atoms with van der Waals surface area (Å²) >= 11 is 0. The van der Waals surface area contributed by atoms with E-state index in [0.29, 0.717) is 0 Å². The zero-order valence-corrected chi connectivity index (χ0v) is 20.4. The van der Waals surface area contributed by atoms with Crippen LogP contribution in [-0.2, 0) is 6.42 Å². The van der Waals surface area contributed by atoms with E-state index in [-0.39, 0.29) is 0 Å². The second-order valence-electron chi connectivity index (χ2n) is 10.00. The van der Waals surface area contributed by atoms with E-state index < -0.39 is 0 Å². The fourth-order valence-electron chi connectivity index (χ4n) is 5.68. The van der Waals surface area contributed by atoms with Crippen molar-refractivity contribution in [2.75, 3.05) is 5.73 Å². The lowest BCUT2D eigenvalue weighted by Crippen LogP contribution is -2.13. The summed E-state index contributed by atoms with van der Waals surface area (Å²) in [6, 6.07) is 6.61. The van der Waals surface area contributed by atoms with Crippen LogP contribution < -0.4 is 5.73 Å². The topological polar surface area (TPSA) is 26.0 Å². The Bertz CT molecular complexity index is 549. The molecule has 0 saturated heterocycles. The predicted molar refractivity (Wildman–Crippen MR) is 135 cm³/mol. The summed E-state index contributed by atoms with van der Waals surface area (Å²) in [7, 11) is 0. The van der Waals surface area contributed by atoms with E-state index in [0.717, 1.165) is 17.5 Å². The third kappa shape index (κ3) is 9.03. The number of nitrogen functional groups attached to an aromatic ring is 1. The summed E-state index contributed by atoms with van der Waals surface area (Å²) in [5.41, 5.74) is 10.6. The average Bonchev–Trinajstić information content (AvgIpc) is 3.19. The molecule has 0 aliphatic heterocycles. The second kappa shape index (κ2) is 15.8. The van der Waals surface area contributed by atoms with Gasteiger partial charge in [0.25, 0.3) is 0 Å². The van der Waals surface area contributed by atoms with Crippen molar-refractivity contribution in [1.82, 2.24) is 0 Å². The van der Waals surface area contributed by atoms with Gasteiger partial charge in [-0.1, -0.05) is 122 Å². The van der Waals surface area contributed by atoms with Crippen LogP contribution in [0.4, 0.5) is 5.69 Å². The maximum Gasteiger partial charge on any atom is 0.0352 e. The molecule has 2 rings (SSSR count). The summed E-state index contributed by atoms with van der Waals surface area (Å²) in [4.78, 5) is 0. The first-order valence-corrected chi connectivity index (χ1v) is 13.6. The molecule has 0 saturated carbocycles. The van der Waals surface area contributed by atoms with Crippen LogP contribution in [0, 0.1) is 5.92 Å². The maximum absolute atomic E-state index is 6.45. The molecular weight excluding hydrogens is 362 g/mol. The quantitative estimate of drug-likeness (QED) is 0.188. The van der Waals surface area contributed by atoms with Gasteiger partial charge in [-0.05, 0) is 54.7 Å². The van der Waals surface area contributed by atoms with Crippen molar-refractivity contribution in [3.8, 4) is 0 Å². The standard InChI is InChI=1S/C29H51N/c1-3-5-7-9-10-11-12-13-15-17-20-25(19-16-14-8-6-4-2)27-24-23-26-21-18-22-28(30)29(26)27/h18,21-22,25,27H,3-17,19-20,23-24,30H2,1-2H3. The monoisotopic (exact) mass is 413 g/mol. The molecule has 2 unspecified atom stereocenters. The van der Waals surface area contributed by atoms with Gasteiger partial charge in [0.15, 0.2) is 0 Å². The highest BCUT2D eigenvalue weighted by Gasteiger charge is 2.30. The Morgan fingerprint density at radius 1 is 0.733 bits per heavy atom. The summed E-state index contributed by atoms with van der Waals surface area (Å²) in [6.45, 7) is 4.61. The summed E-state index contributed by atoms with van der Waals surface area (Å²) in [5, 5.41) is 0. The predicted octanol–water partition coefficient (Wildman–Crippen LogP) is 9.59. The highest BCUT2D eigenvalue weighted by atomic mass is 14.6. The number of hydrogen-bond acceptors (Lipinski definition) is 1. The minimum Gasteiger partial charge on any atom is -0.398 e. The fourth-order valence-corrected chi connectivity index (χ4v) is 5.68. The van der Waals surface area contributed by atoms with Crippen LogP contribution in [0.15, 0.2) is 18.2 Å². The molecule has 0 fully saturated rings. The smallest absolute Gasteiger partial charge is 0.0352 e. The number of fused-ring (bicyclic) bond motifs is 1. The van der Waals surface area contributed by atoms with Gasteiger partial charge in [0.1, 0.15) is 0 Å². The van der Waals surface area contributed by atoms with Gasteiger partial charge in [-0.2, -0.15) is 0 Å². The van der Waals surface area contributed by atoms with Crippen molar-refractivity contribution in [3.05, 3.63) is 29.3 Å². The van der Waals surface area contributed by atoms with E-state index in [9.17, 15) is 0 Å². The third-order valence-corrected chi connectivity index (χ3v) is 7.50. The van der Waals surface area contributed by atoms with E-state index in [4.69, 9.17) is 5.73 Å². The van der Waals surface area contributed by atoms with E-state index in [1.54, 1.807) is 5.56 Å². The first-order valence-electron chi connectivity index (χ1n) is 13.6. The van der Waals surface area contributed by atoms with Gasteiger partial charge < -0.3 is 5.73 Å². The minimum absolute atomic E-state index is 0.728. The Kier molecular flexibility index (Phi) is 13.3. The Labute approximate surface area is 188 Å².